The van der Waals surface area contributed by atoms with Crippen molar-refractivity contribution in [2.24, 2.45) is 23.7 Å². The van der Waals surface area contributed by atoms with E-state index in [1.807, 2.05) is 6.92 Å². The summed E-state index contributed by atoms with van der Waals surface area (Å²) in [6.07, 6.45) is 0.501. The van der Waals surface area contributed by atoms with Gasteiger partial charge in [-0.05, 0) is 55.1 Å². The molecule has 3 aliphatic rings. The summed E-state index contributed by atoms with van der Waals surface area (Å²) in [5.41, 5.74) is 0.957. The number of nitrogens with zero attached hydrogens (tertiary/aromatic N) is 1. The molecule has 0 aromatic heterocycles. The fraction of sp³-hybridized carbons (Fsp3) is 0.417. The number of hydrogen-bond donors (Lipinski definition) is 4. The summed E-state index contributed by atoms with van der Waals surface area (Å²) >= 11 is 3.40. The van der Waals surface area contributed by atoms with Gasteiger partial charge in [0.05, 0.1) is 23.6 Å². The minimum absolute atomic E-state index is 0.0369. The number of hydrogen-bond acceptors (Lipinski definition) is 7. The van der Waals surface area contributed by atoms with Crippen LogP contribution in [0.25, 0.3) is 0 Å². The van der Waals surface area contributed by atoms with Gasteiger partial charge in [0, 0.05) is 21.9 Å². The molecule has 10 heteroatoms. The van der Waals surface area contributed by atoms with Crippen LogP contribution in [-0.2, 0) is 14.3 Å². The van der Waals surface area contributed by atoms with E-state index < -0.39 is 42.7 Å². The van der Waals surface area contributed by atoms with Crippen LogP contribution >= 0.6 is 15.9 Å². The van der Waals surface area contributed by atoms with Gasteiger partial charge >= 0.3 is 7.12 Å². The van der Waals surface area contributed by atoms with E-state index in [9.17, 15) is 29.9 Å². The van der Waals surface area contributed by atoms with Crippen LogP contribution in [-0.4, -0.2) is 45.0 Å². The second-order valence-corrected chi connectivity index (χ2v) is 10.3. The van der Waals surface area contributed by atoms with E-state index in [2.05, 4.69) is 15.9 Å². The maximum absolute atomic E-state index is 13.6. The lowest BCUT2D eigenvalue weighted by Crippen LogP contribution is -2.53. The molecular formula is C24H25BBrNO7. The van der Waals surface area contributed by atoms with E-state index in [-0.39, 0.29) is 35.1 Å². The molecule has 6 atom stereocenters. The lowest BCUT2D eigenvalue weighted by molar-refractivity contribution is -0.269. The summed E-state index contributed by atoms with van der Waals surface area (Å²) in [5, 5.41) is 41.2. The SMILES string of the molecule is CC[C@H]1C[C@@H]2C(=O)N(c3cccc(B(O)O)c3)C(=O)[C@@H]2[C@@H]2C[C@@H](c3cc(Br)ccc3O)O[C@]12O. The van der Waals surface area contributed by atoms with Gasteiger partial charge in [-0.1, -0.05) is 35.0 Å². The minimum atomic E-state index is -1.73. The number of fused-ring (bicyclic) bond motifs is 3. The molecule has 4 N–H and O–H groups in total. The molecule has 2 amide bonds. The largest absolute Gasteiger partial charge is 0.508 e. The highest BCUT2D eigenvalue weighted by molar-refractivity contribution is 9.10. The first-order valence-corrected chi connectivity index (χ1v) is 12.2. The zero-order chi connectivity index (χ0) is 24.4. The number of benzene rings is 2. The fourth-order valence-corrected chi connectivity index (χ4v) is 6.38. The number of anilines is 1. The van der Waals surface area contributed by atoms with Gasteiger partial charge in [0.25, 0.3) is 0 Å². The number of phenolic OH excluding ortho intramolecular Hbond substituents is 1. The summed E-state index contributed by atoms with van der Waals surface area (Å²) in [7, 11) is -1.73. The Hall–Kier alpha value is -2.24. The molecule has 0 radical (unpaired) electrons. The van der Waals surface area contributed by atoms with E-state index in [1.54, 1.807) is 30.3 Å². The Bertz CT molecular complexity index is 1160. The van der Waals surface area contributed by atoms with Crippen LogP contribution in [0.15, 0.2) is 46.9 Å². The number of carbonyl (C=O) groups is 2. The first kappa shape index (κ1) is 23.5. The Morgan fingerprint density at radius 2 is 1.91 bits per heavy atom. The Labute approximate surface area is 205 Å². The van der Waals surface area contributed by atoms with Gasteiger partial charge in [0.15, 0.2) is 5.79 Å². The molecule has 2 saturated heterocycles. The molecule has 178 valence electrons. The Kier molecular flexibility index (Phi) is 5.85. The van der Waals surface area contributed by atoms with Crippen molar-refractivity contribution in [3.05, 3.63) is 52.5 Å². The van der Waals surface area contributed by atoms with Crippen LogP contribution in [0.5, 0.6) is 5.75 Å². The molecule has 0 unspecified atom stereocenters. The van der Waals surface area contributed by atoms with E-state index in [1.165, 1.54) is 12.1 Å². The number of phenols is 1. The first-order valence-electron chi connectivity index (χ1n) is 11.4. The van der Waals surface area contributed by atoms with Crippen molar-refractivity contribution in [3.8, 4) is 5.75 Å². The molecule has 3 fully saturated rings. The van der Waals surface area contributed by atoms with Gasteiger partial charge in [-0.15, -0.1) is 0 Å². The predicted molar refractivity (Wildman–Crippen MR) is 127 cm³/mol. The van der Waals surface area contributed by atoms with E-state index >= 15 is 0 Å². The number of rotatable bonds is 4. The van der Waals surface area contributed by atoms with Crippen LogP contribution in [0.4, 0.5) is 5.69 Å². The van der Waals surface area contributed by atoms with Gasteiger partial charge in [0.2, 0.25) is 11.8 Å². The summed E-state index contributed by atoms with van der Waals surface area (Å²) in [5.74, 6) is -4.73. The average Bonchev–Trinajstić information content (AvgIpc) is 3.28. The molecule has 2 aromatic carbocycles. The molecule has 2 heterocycles. The van der Waals surface area contributed by atoms with Crippen molar-refractivity contribution < 1.29 is 34.6 Å². The van der Waals surface area contributed by atoms with Gasteiger partial charge in [-0.3, -0.25) is 14.5 Å². The van der Waals surface area contributed by atoms with Crippen LogP contribution in [0.1, 0.15) is 37.9 Å². The number of aliphatic hydroxyl groups is 1. The summed E-state index contributed by atoms with van der Waals surface area (Å²) in [6.45, 7) is 1.92. The van der Waals surface area contributed by atoms with Gasteiger partial charge < -0.3 is 25.0 Å². The molecule has 5 rings (SSSR count). The number of amides is 2. The monoisotopic (exact) mass is 529 g/mol. The van der Waals surface area contributed by atoms with Crippen LogP contribution in [0.3, 0.4) is 0 Å². The Morgan fingerprint density at radius 1 is 1.15 bits per heavy atom. The molecule has 1 aliphatic carbocycles. The van der Waals surface area contributed by atoms with Crippen molar-refractivity contribution in [3.63, 3.8) is 0 Å². The smallest absolute Gasteiger partial charge is 0.488 e. The van der Waals surface area contributed by atoms with Gasteiger partial charge in [-0.2, -0.15) is 0 Å². The Morgan fingerprint density at radius 3 is 2.62 bits per heavy atom. The van der Waals surface area contributed by atoms with Crippen molar-refractivity contribution in [1.82, 2.24) is 0 Å². The molecule has 2 aliphatic heterocycles. The third-order valence-electron chi connectivity index (χ3n) is 7.62. The predicted octanol–water partition coefficient (Wildman–Crippen LogP) is 1.84. The molecule has 2 aromatic rings. The zero-order valence-electron chi connectivity index (χ0n) is 18.5. The molecule has 0 bridgehead atoms. The summed E-state index contributed by atoms with van der Waals surface area (Å²) < 4.78 is 6.94. The normalized spacial score (nSPS) is 32.6. The molecule has 8 nitrogen and oxygen atoms in total. The quantitative estimate of drug-likeness (QED) is 0.351. The topological polar surface area (TPSA) is 128 Å². The third-order valence-corrected chi connectivity index (χ3v) is 8.11. The molecular weight excluding hydrogens is 505 g/mol. The first-order chi connectivity index (χ1) is 16.2. The highest BCUT2D eigenvalue weighted by Crippen LogP contribution is 2.59. The number of ether oxygens (including phenoxy) is 1. The lowest BCUT2D eigenvalue weighted by atomic mass is 9.64. The average molecular weight is 530 g/mol. The van der Waals surface area contributed by atoms with Gasteiger partial charge in [-0.25, -0.2) is 0 Å². The van der Waals surface area contributed by atoms with Crippen molar-refractivity contribution in [2.45, 2.75) is 38.1 Å². The lowest BCUT2D eigenvalue weighted by Gasteiger charge is -2.44. The highest BCUT2D eigenvalue weighted by Gasteiger charge is 2.66. The molecule has 0 spiro atoms. The minimum Gasteiger partial charge on any atom is -0.508 e. The summed E-state index contributed by atoms with van der Waals surface area (Å²) in [6, 6.07) is 11.0. The summed E-state index contributed by atoms with van der Waals surface area (Å²) in [4.78, 5) is 28.2. The molecule has 34 heavy (non-hydrogen) atoms. The zero-order valence-corrected chi connectivity index (χ0v) is 20.1. The standard InChI is InChI=1S/C24H25BBrNO7/c1-2-12-8-17-21(23(30)27(22(17)29)15-5-3-4-13(9-15)25(32)33)18-11-20(34-24(12,18)31)16-10-14(26)6-7-19(16)28/h3-7,9-10,12,17-18,20-21,28,31-33H,2,8,11H2,1H3/t12-,17-,18-,20-,21-,24+/m0/s1. The third kappa shape index (κ3) is 3.51. The number of carbonyl (C=O) groups excluding carboxylic acids is 2. The van der Waals surface area contributed by atoms with Crippen molar-refractivity contribution in [1.29, 1.82) is 0 Å². The van der Waals surface area contributed by atoms with E-state index in [0.29, 0.717) is 18.4 Å². The van der Waals surface area contributed by atoms with Crippen LogP contribution < -0.4 is 10.4 Å². The maximum Gasteiger partial charge on any atom is 0.488 e. The van der Waals surface area contributed by atoms with Crippen molar-refractivity contribution >= 4 is 46.0 Å². The maximum atomic E-state index is 13.6. The second kappa shape index (κ2) is 8.46. The number of imide groups is 1. The number of halogens is 1. The number of aromatic hydroxyl groups is 1. The van der Waals surface area contributed by atoms with E-state index in [0.717, 1.165) is 9.37 Å². The van der Waals surface area contributed by atoms with Crippen molar-refractivity contribution in [2.75, 3.05) is 4.90 Å². The van der Waals surface area contributed by atoms with Crippen LogP contribution in [0.2, 0.25) is 0 Å². The van der Waals surface area contributed by atoms with Crippen LogP contribution in [0, 0.1) is 23.7 Å². The Balaban J connectivity index is 1.53. The molecule has 1 saturated carbocycles. The fourth-order valence-electron chi connectivity index (χ4n) is 6.00. The van der Waals surface area contributed by atoms with E-state index in [4.69, 9.17) is 4.74 Å². The van der Waals surface area contributed by atoms with Gasteiger partial charge in [0.1, 0.15) is 5.75 Å². The highest BCUT2D eigenvalue weighted by atomic mass is 79.9. The second-order valence-electron chi connectivity index (χ2n) is 9.36.